The van der Waals surface area contributed by atoms with Crippen LogP contribution in [-0.2, 0) is 14.3 Å². The van der Waals surface area contributed by atoms with E-state index in [-0.39, 0.29) is 11.3 Å². The topological polar surface area (TPSA) is 95.9 Å². The Balaban J connectivity index is 1.69. The molecule has 1 atom stereocenters. The summed E-state index contributed by atoms with van der Waals surface area (Å²) >= 11 is 0. The van der Waals surface area contributed by atoms with Crippen molar-refractivity contribution < 1.29 is 23.8 Å². The zero-order valence-corrected chi connectivity index (χ0v) is 18.8. The Bertz CT molecular complexity index is 1080. The number of rotatable bonds is 6. The van der Waals surface area contributed by atoms with Crippen LogP contribution in [0.15, 0.2) is 36.0 Å². The highest BCUT2D eigenvalue weighted by Gasteiger charge is 2.46. The molecule has 8 nitrogen and oxygen atoms in total. The van der Waals surface area contributed by atoms with Crippen molar-refractivity contribution in [3.8, 4) is 0 Å². The van der Waals surface area contributed by atoms with Gasteiger partial charge in [0, 0.05) is 32.4 Å². The van der Waals surface area contributed by atoms with E-state index in [0.717, 1.165) is 19.6 Å². The molecule has 4 rings (SSSR count). The molecule has 2 aliphatic rings. The van der Waals surface area contributed by atoms with Crippen LogP contribution in [0.5, 0.6) is 0 Å². The van der Waals surface area contributed by atoms with Crippen LogP contribution >= 0.6 is 0 Å². The molecule has 0 aliphatic carbocycles. The number of aliphatic hydroxyl groups is 1. The van der Waals surface area contributed by atoms with Crippen molar-refractivity contribution in [3.63, 3.8) is 0 Å². The molecule has 0 bridgehead atoms. The molecule has 1 amide bonds. The van der Waals surface area contributed by atoms with E-state index in [2.05, 4.69) is 14.9 Å². The first-order valence-corrected chi connectivity index (χ1v) is 11.0. The summed E-state index contributed by atoms with van der Waals surface area (Å²) in [6.07, 6.45) is 2.10. The first-order chi connectivity index (χ1) is 15.9. The monoisotopic (exact) mass is 454 g/mol. The number of likely N-dealkylation sites (tertiary alicyclic amines) is 1. The second-order valence-electron chi connectivity index (χ2n) is 8.27. The number of benzene rings is 1. The van der Waals surface area contributed by atoms with Crippen molar-refractivity contribution in [3.05, 3.63) is 64.5 Å². The van der Waals surface area contributed by atoms with Crippen LogP contribution in [0.3, 0.4) is 0 Å². The fourth-order valence-electron chi connectivity index (χ4n) is 4.35. The molecule has 1 N–H and O–H groups in total. The average molecular weight is 455 g/mol. The number of Topliss-reactive ketones (excluding diaryl/α,β-unsaturated/α-hetero) is 1. The van der Waals surface area contributed by atoms with Gasteiger partial charge in [-0.25, -0.2) is 14.4 Å². The van der Waals surface area contributed by atoms with Gasteiger partial charge in [0.2, 0.25) is 0 Å². The zero-order chi connectivity index (χ0) is 23.5. The molecule has 2 aliphatic heterocycles. The van der Waals surface area contributed by atoms with Crippen molar-refractivity contribution in [2.24, 2.45) is 0 Å². The molecule has 3 heterocycles. The zero-order valence-electron chi connectivity index (χ0n) is 18.8. The lowest BCUT2D eigenvalue weighted by atomic mass is 9.95. The Hall–Kier alpha value is -3.17. The van der Waals surface area contributed by atoms with E-state index < -0.39 is 23.5 Å². The maximum absolute atomic E-state index is 13.6. The quantitative estimate of drug-likeness (QED) is 0.407. The van der Waals surface area contributed by atoms with Crippen molar-refractivity contribution in [1.29, 1.82) is 0 Å². The van der Waals surface area contributed by atoms with Crippen LogP contribution in [0.25, 0.3) is 5.76 Å². The fraction of sp³-hybridized carbons (Fsp3) is 0.417. The lowest BCUT2D eigenvalue weighted by Crippen LogP contribution is -2.38. The number of hydrogen-bond acceptors (Lipinski definition) is 7. The molecule has 0 radical (unpaired) electrons. The number of carbonyl (C=O) groups excluding carboxylic acids is 2. The number of aromatic nitrogens is 2. The summed E-state index contributed by atoms with van der Waals surface area (Å²) in [5.41, 5.74) is 1.30. The number of aliphatic hydroxyl groups excluding tert-OH is 1. The maximum Gasteiger partial charge on any atom is 0.295 e. The van der Waals surface area contributed by atoms with Gasteiger partial charge in [-0.1, -0.05) is 12.1 Å². The number of amides is 1. The second-order valence-corrected chi connectivity index (χ2v) is 8.27. The lowest BCUT2D eigenvalue weighted by molar-refractivity contribution is -0.140. The molecule has 0 saturated carbocycles. The van der Waals surface area contributed by atoms with Gasteiger partial charge >= 0.3 is 0 Å². The third-order valence-electron chi connectivity index (χ3n) is 6.06. The van der Waals surface area contributed by atoms with E-state index in [0.29, 0.717) is 48.8 Å². The van der Waals surface area contributed by atoms with E-state index in [1.54, 1.807) is 13.8 Å². The summed E-state index contributed by atoms with van der Waals surface area (Å²) in [6, 6.07) is 4.81. The van der Waals surface area contributed by atoms with E-state index in [4.69, 9.17) is 4.74 Å². The van der Waals surface area contributed by atoms with Crippen molar-refractivity contribution in [2.75, 3.05) is 39.4 Å². The van der Waals surface area contributed by atoms with Crippen LogP contribution in [0, 0.1) is 19.7 Å². The van der Waals surface area contributed by atoms with Gasteiger partial charge in [0.25, 0.3) is 11.7 Å². The molecule has 2 fully saturated rings. The number of hydrogen-bond donors (Lipinski definition) is 1. The predicted molar refractivity (Wildman–Crippen MR) is 119 cm³/mol. The van der Waals surface area contributed by atoms with Gasteiger partial charge in [-0.2, -0.15) is 0 Å². The molecule has 1 aromatic carbocycles. The van der Waals surface area contributed by atoms with Gasteiger partial charge in [0.15, 0.2) is 0 Å². The number of ether oxygens (including phenoxy) is 1. The number of nitrogens with zero attached hydrogens (tertiary/aromatic N) is 4. The van der Waals surface area contributed by atoms with Gasteiger partial charge in [0.1, 0.15) is 17.4 Å². The van der Waals surface area contributed by atoms with Gasteiger partial charge in [-0.05, 0) is 38.0 Å². The van der Waals surface area contributed by atoms with Crippen LogP contribution in [-0.4, -0.2) is 76.0 Å². The van der Waals surface area contributed by atoms with E-state index in [9.17, 15) is 19.1 Å². The summed E-state index contributed by atoms with van der Waals surface area (Å²) in [5.74, 6) is -1.67. The molecular weight excluding hydrogens is 427 g/mol. The summed E-state index contributed by atoms with van der Waals surface area (Å²) in [7, 11) is 0. The molecule has 33 heavy (non-hydrogen) atoms. The summed E-state index contributed by atoms with van der Waals surface area (Å²) in [4.78, 5) is 38.2. The molecule has 1 aromatic heterocycles. The predicted octanol–water partition coefficient (Wildman–Crippen LogP) is 2.38. The Morgan fingerprint density at radius 1 is 1.15 bits per heavy atom. The van der Waals surface area contributed by atoms with Gasteiger partial charge in [-0.3, -0.25) is 14.5 Å². The highest BCUT2D eigenvalue weighted by molar-refractivity contribution is 6.46. The largest absolute Gasteiger partial charge is 0.507 e. The van der Waals surface area contributed by atoms with Crippen molar-refractivity contribution >= 4 is 17.4 Å². The number of halogens is 1. The van der Waals surface area contributed by atoms with Crippen LogP contribution in [0.1, 0.15) is 35.1 Å². The fourth-order valence-corrected chi connectivity index (χ4v) is 4.35. The number of aryl methyl sites for hydroxylation is 2. The molecule has 174 valence electrons. The number of carbonyl (C=O) groups is 2. The second kappa shape index (κ2) is 9.76. The van der Waals surface area contributed by atoms with Crippen LogP contribution in [0.2, 0.25) is 0 Å². The minimum Gasteiger partial charge on any atom is -0.507 e. The molecular formula is C24H27FN4O4. The first-order valence-electron chi connectivity index (χ1n) is 11.0. The van der Waals surface area contributed by atoms with Crippen molar-refractivity contribution in [1.82, 2.24) is 19.8 Å². The minimum atomic E-state index is -0.823. The number of ketones is 1. The molecule has 0 spiro atoms. The summed E-state index contributed by atoms with van der Waals surface area (Å²) < 4.78 is 19.0. The molecule has 2 aromatic rings. The van der Waals surface area contributed by atoms with Gasteiger partial charge in [0.05, 0.1) is 36.1 Å². The third kappa shape index (κ3) is 4.79. The maximum atomic E-state index is 13.6. The molecule has 1 unspecified atom stereocenters. The standard InChI is InChI=1S/C24H27FN4O4/c1-15-19(14-26-16(2)27-15)22(30)20-21(17-4-6-18(25)7-5-17)29(24(32)23(20)31)9-3-8-28-10-12-33-13-11-28/h4-7,14,21,30H,3,8-13H2,1-2H3/b22-20+. The van der Waals surface area contributed by atoms with E-state index >= 15 is 0 Å². The summed E-state index contributed by atoms with van der Waals surface area (Å²) in [6.45, 7) is 7.52. The number of morpholine rings is 1. The minimum absolute atomic E-state index is 0.0338. The SMILES string of the molecule is Cc1ncc(/C(O)=C2\C(=O)C(=O)N(CCCN3CCOCC3)C2c2ccc(F)cc2)c(C)n1. The van der Waals surface area contributed by atoms with Gasteiger partial charge in [-0.15, -0.1) is 0 Å². The molecule has 2 saturated heterocycles. The Labute approximate surface area is 191 Å². The average Bonchev–Trinajstić information content (AvgIpc) is 3.05. The van der Waals surface area contributed by atoms with Gasteiger partial charge < -0.3 is 14.7 Å². The highest BCUT2D eigenvalue weighted by Crippen LogP contribution is 2.39. The highest BCUT2D eigenvalue weighted by atomic mass is 19.1. The summed E-state index contributed by atoms with van der Waals surface area (Å²) in [5, 5.41) is 11.1. The normalized spacial score (nSPS) is 21.1. The van der Waals surface area contributed by atoms with E-state index in [1.807, 2.05) is 0 Å². The smallest absolute Gasteiger partial charge is 0.295 e. The van der Waals surface area contributed by atoms with E-state index in [1.165, 1.54) is 35.4 Å². The molecule has 9 heteroatoms. The first kappa shape index (κ1) is 23.0. The van der Waals surface area contributed by atoms with Crippen LogP contribution in [0.4, 0.5) is 4.39 Å². The Morgan fingerprint density at radius 3 is 2.52 bits per heavy atom. The Kier molecular flexibility index (Phi) is 6.80. The Morgan fingerprint density at radius 2 is 1.85 bits per heavy atom. The van der Waals surface area contributed by atoms with Crippen LogP contribution < -0.4 is 0 Å². The lowest BCUT2D eigenvalue weighted by Gasteiger charge is -2.29. The third-order valence-corrected chi connectivity index (χ3v) is 6.06. The van der Waals surface area contributed by atoms with Crippen molar-refractivity contribution in [2.45, 2.75) is 26.3 Å².